The summed E-state index contributed by atoms with van der Waals surface area (Å²) in [5.41, 5.74) is 8.39. The van der Waals surface area contributed by atoms with Gasteiger partial charge in [0.2, 0.25) is 0 Å². The Morgan fingerprint density at radius 1 is 1.22 bits per heavy atom. The average molecular weight is 242 g/mol. The van der Waals surface area contributed by atoms with Crippen molar-refractivity contribution >= 4 is 16.7 Å². The smallest absolute Gasteiger partial charge is 0.159 e. The van der Waals surface area contributed by atoms with Gasteiger partial charge in [0, 0.05) is 13.1 Å². The molecule has 90 valence electrons. The van der Waals surface area contributed by atoms with Gasteiger partial charge in [-0.3, -0.25) is 4.98 Å². The van der Waals surface area contributed by atoms with Gasteiger partial charge in [-0.25, -0.2) is 9.37 Å². The van der Waals surface area contributed by atoms with Crippen molar-refractivity contribution in [2.45, 2.75) is 0 Å². The monoisotopic (exact) mass is 242 g/mol. The lowest BCUT2D eigenvalue weighted by Crippen LogP contribution is -1.95. The fraction of sp³-hybridized carbons (Fsp3) is 0.0769. The summed E-state index contributed by atoms with van der Waals surface area (Å²) in [6.07, 6.45) is 1.58. The second-order valence-corrected chi connectivity index (χ2v) is 4.10. The lowest BCUT2D eigenvalue weighted by molar-refractivity contribution is 0.629. The van der Waals surface area contributed by atoms with E-state index in [1.54, 1.807) is 24.4 Å². The first kappa shape index (κ1) is 10.7. The molecule has 2 heterocycles. The quantitative estimate of drug-likeness (QED) is 0.712. The number of hydrogen-bond acceptors (Lipinski definition) is 3. The molecule has 0 unspecified atom stereocenters. The molecule has 3 rings (SSSR count). The predicted molar refractivity (Wildman–Crippen MR) is 68.3 cm³/mol. The van der Waals surface area contributed by atoms with Gasteiger partial charge in [-0.1, -0.05) is 0 Å². The molecule has 0 fully saturated rings. The first-order chi connectivity index (χ1) is 8.65. The summed E-state index contributed by atoms with van der Waals surface area (Å²) < 4.78 is 15.0. The van der Waals surface area contributed by atoms with E-state index in [0.717, 1.165) is 5.52 Å². The molecular formula is C13H11FN4. The molecule has 1 aromatic carbocycles. The minimum atomic E-state index is -0.294. The molecule has 0 aliphatic carbocycles. The number of aromatic nitrogens is 3. The van der Waals surface area contributed by atoms with E-state index in [2.05, 4.69) is 9.97 Å². The molecule has 3 aromatic rings. The van der Waals surface area contributed by atoms with E-state index in [0.29, 0.717) is 22.7 Å². The highest BCUT2D eigenvalue weighted by Gasteiger charge is 2.11. The number of aryl methyl sites for hydroxylation is 1. The van der Waals surface area contributed by atoms with Crippen LogP contribution in [0.25, 0.3) is 22.6 Å². The van der Waals surface area contributed by atoms with Gasteiger partial charge >= 0.3 is 0 Å². The molecule has 0 aliphatic rings. The standard InChI is InChI=1S/C13H11FN4/c1-18-12-5-2-8(14)6-11(12)17-13(18)10-4-3-9(15)7-16-10/h2-7H,15H2,1H3. The number of imidazole rings is 1. The van der Waals surface area contributed by atoms with Crippen molar-refractivity contribution in [3.63, 3.8) is 0 Å². The van der Waals surface area contributed by atoms with Crippen molar-refractivity contribution in [2.24, 2.45) is 7.05 Å². The summed E-state index contributed by atoms with van der Waals surface area (Å²) in [6, 6.07) is 8.11. The third-order valence-corrected chi connectivity index (χ3v) is 2.86. The molecule has 2 N–H and O–H groups in total. The van der Waals surface area contributed by atoms with Crippen LogP contribution in [0.1, 0.15) is 0 Å². The average Bonchev–Trinajstić information content (AvgIpc) is 2.67. The Balaban J connectivity index is 2.23. The van der Waals surface area contributed by atoms with Gasteiger partial charge in [0.1, 0.15) is 11.5 Å². The van der Waals surface area contributed by atoms with Gasteiger partial charge in [-0.05, 0) is 24.3 Å². The van der Waals surface area contributed by atoms with E-state index < -0.39 is 0 Å². The van der Waals surface area contributed by atoms with Crippen LogP contribution in [0.3, 0.4) is 0 Å². The second-order valence-electron chi connectivity index (χ2n) is 4.10. The maximum Gasteiger partial charge on any atom is 0.159 e. The molecule has 5 heteroatoms. The van der Waals surface area contributed by atoms with Gasteiger partial charge in [-0.2, -0.15) is 0 Å². The van der Waals surface area contributed by atoms with Crippen molar-refractivity contribution in [1.29, 1.82) is 0 Å². The van der Waals surface area contributed by atoms with Crippen LogP contribution in [-0.4, -0.2) is 14.5 Å². The fourth-order valence-corrected chi connectivity index (χ4v) is 1.94. The molecule has 0 saturated carbocycles. The SMILES string of the molecule is Cn1c(-c2ccc(N)cn2)nc2cc(F)ccc21. The zero-order chi connectivity index (χ0) is 12.7. The van der Waals surface area contributed by atoms with E-state index in [-0.39, 0.29) is 5.82 Å². The third-order valence-electron chi connectivity index (χ3n) is 2.86. The number of fused-ring (bicyclic) bond motifs is 1. The minimum absolute atomic E-state index is 0.294. The van der Waals surface area contributed by atoms with Crippen molar-refractivity contribution in [3.8, 4) is 11.5 Å². The van der Waals surface area contributed by atoms with Crippen LogP contribution in [0.5, 0.6) is 0 Å². The number of nitrogens with two attached hydrogens (primary N) is 1. The predicted octanol–water partition coefficient (Wildman–Crippen LogP) is 2.36. The van der Waals surface area contributed by atoms with Gasteiger partial charge < -0.3 is 10.3 Å². The van der Waals surface area contributed by atoms with Crippen molar-refractivity contribution in [1.82, 2.24) is 14.5 Å². The molecule has 0 radical (unpaired) electrons. The highest BCUT2D eigenvalue weighted by Crippen LogP contribution is 2.23. The highest BCUT2D eigenvalue weighted by molar-refractivity contribution is 5.80. The van der Waals surface area contributed by atoms with Crippen LogP contribution < -0.4 is 5.73 Å². The number of rotatable bonds is 1. The van der Waals surface area contributed by atoms with Crippen LogP contribution in [0.2, 0.25) is 0 Å². The summed E-state index contributed by atoms with van der Waals surface area (Å²) in [7, 11) is 1.88. The Hall–Kier alpha value is -2.43. The number of hydrogen-bond donors (Lipinski definition) is 1. The van der Waals surface area contributed by atoms with Crippen LogP contribution >= 0.6 is 0 Å². The van der Waals surface area contributed by atoms with Crippen LogP contribution in [0.4, 0.5) is 10.1 Å². The van der Waals surface area contributed by atoms with Crippen LogP contribution in [0.15, 0.2) is 36.5 Å². The Morgan fingerprint density at radius 2 is 2.06 bits per heavy atom. The summed E-state index contributed by atoms with van der Waals surface area (Å²) >= 11 is 0. The van der Waals surface area contributed by atoms with Crippen LogP contribution in [-0.2, 0) is 7.05 Å². The molecule has 0 atom stereocenters. The van der Waals surface area contributed by atoms with Crippen molar-refractivity contribution < 1.29 is 4.39 Å². The summed E-state index contributed by atoms with van der Waals surface area (Å²) in [5.74, 6) is 0.396. The van der Waals surface area contributed by atoms with E-state index in [1.165, 1.54) is 12.1 Å². The van der Waals surface area contributed by atoms with Gasteiger partial charge in [0.25, 0.3) is 0 Å². The molecule has 0 amide bonds. The first-order valence-corrected chi connectivity index (χ1v) is 5.49. The Labute approximate surface area is 103 Å². The molecule has 0 aliphatic heterocycles. The number of pyridine rings is 1. The van der Waals surface area contributed by atoms with E-state index in [1.807, 2.05) is 11.6 Å². The number of anilines is 1. The Morgan fingerprint density at radius 3 is 2.78 bits per heavy atom. The second kappa shape index (κ2) is 3.80. The third kappa shape index (κ3) is 1.60. The van der Waals surface area contributed by atoms with Gasteiger partial charge in [0.05, 0.1) is 22.9 Å². The molecule has 2 aromatic heterocycles. The summed E-state index contributed by atoms with van der Waals surface area (Å²) in [6.45, 7) is 0. The lowest BCUT2D eigenvalue weighted by Gasteiger charge is -2.01. The zero-order valence-electron chi connectivity index (χ0n) is 9.76. The molecule has 0 spiro atoms. The Kier molecular flexibility index (Phi) is 2.26. The normalized spacial score (nSPS) is 11.0. The molecule has 0 bridgehead atoms. The van der Waals surface area contributed by atoms with Gasteiger partial charge in [-0.15, -0.1) is 0 Å². The maximum absolute atomic E-state index is 13.2. The molecular weight excluding hydrogens is 231 g/mol. The number of halogens is 1. The number of nitrogen functional groups attached to an aromatic ring is 1. The van der Waals surface area contributed by atoms with E-state index in [4.69, 9.17) is 5.73 Å². The summed E-state index contributed by atoms with van der Waals surface area (Å²) in [4.78, 5) is 8.62. The van der Waals surface area contributed by atoms with E-state index >= 15 is 0 Å². The first-order valence-electron chi connectivity index (χ1n) is 5.49. The number of nitrogens with zero attached hydrogens (tertiary/aromatic N) is 3. The number of benzene rings is 1. The molecule has 4 nitrogen and oxygen atoms in total. The lowest BCUT2D eigenvalue weighted by atomic mass is 10.3. The molecule has 18 heavy (non-hydrogen) atoms. The topological polar surface area (TPSA) is 56.7 Å². The zero-order valence-corrected chi connectivity index (χ0v) is 9.76. The fourth-order valence-electron chi connectivity index (χ4n) is 1.94. The maximum atomic E-state index is 13.2. The Bertz CT molecular complexity index is 716. The van der Waals surface area contributed by atoms with Crippen LogP contribution in [0, 0.1) is 5.82 Å². The minimum Gasteiger partial charge on any atom is -0.397 e. The van der Waals surface area contributed by atoms with E-state index in [9.17, 15) is 4.39 Å². The molecule has 0 saturated heterocycles. The van der Waals surface area contributed by atoms with Crippen molar-refractivity contribution in [3.05, 3.63) is 42.3 Å². The van der Waals surface area contributed by atoms with Gasteiger partial charge in [0.15, 0.2) is 5.82 Å². The largest absolute Gasteiger partial charge is 0.397 e. The van der Waals surface area contributed by atoms with Crippen molar-refractivity contribution in [2.75, 3.05) is 5.73 Å². The highest BCUT2D eigenvalue weighted by atomic mass is 19.1. The summed E-state index contributed by atoms with van der Waals surface area (Å²) in [5, 5.41) is 0.